The van der Waals surface area contributed by atoms with Crippen molar-refractivity contribution in [2.24, 2.45) is 5.73 Å². The number of hydrogen-bond donors (Lipinski definition) is 1. The molecule has 2 unspecified atom stereocenters. The Morgan fingerprint density at radius 2 is 2.10 bits per heavy atom. The van der Waals surface area contributed by atoms with Gasteiger partial charge in [-0.1, -0.05) is 11.8 Å². The first-order valence-corrected chi connectivity index (χ1v) is 8.52. The lowest BCUT2D eigenvalue weighted by Crippen LogP contribution is -2.22. The molecule has 0 saturated heterocycles. The van der Waals surface area contributed by atoms with Crippen LogP contribution in [0.15, 0.2) is 39.3 Å². The van der Waals surface area contributed by atoms with Crippen LogP contribution < -0.4 is 5.73 Å². The number of alkyl halides is 3. The van der Waals surface area contributed by atoms with Gasteiger partial charge in [0.1, 0.15) is 0 Å². The first-order chi connectivity index (χ1) is 9.77. The second kappa shape index (κ2) is 6.68. The number of halogens is 4. The van der Waals surface area contributed by atoms with Crippen LogP contribution in [0.1, 0.15) is 22.6 Å². The standard InChI is InChI=1S/C13H12BrF3N2S2/c1-7(18)12(10-4-9(14)6-20-10)21-11-3-2-8(5-19-11)13(15,16)17/h2-7,12H,18H2,1H3. The molecule has 0 amide bonds. The molecular weight excluding hydrogens is 385 g/mol. The highest BCUT2D eigenvalue weighted by atomic mass is 79.9. The summed E-state index contributed by atoms with van der Waals surface area (Å²) in [5, 5.41) is 2.42. The van der Waals surface area contributed by atoms with Crippen molar-refractivity contribution in [3.05, 3.63) is 44.7 Å². The quantitative estimate of drug-likeness (QED) is 0.730. The summed E-state index contributed by atoms with van der Waals surface area (Å²) in [5.41, 5.74) is 5.24. The summed E-state index contributed by atoms with van der Waals surface area (Å²) in [4.78, 5) is 4.94. The number of hydrogen-bond acceptors (Lipinski definition) is 4. The van der Waals surface area contributed by atoms with Crippen molar-refractivity contribution in [1.29, 1.82) is 0 Å². The summed E-state index contributed by atoms with van der Waals surface area (Å²) < 4.78 is 38.5. The van der Waals surface area contributed by atoms with E-state index in [4.69, 9.17) is 5.73 Å². The van der Waals surface area contributed by atoms with E-state index in [9.17, 15) is 13.2 Å². The molecule has 2 rings (SSSR count). The van der Waals surface area contributed by atoms with Crippen molar-refractivity contribution in [2.45, 2.75) is 29.4 Å². The molecular formula is C13H12BrF3N2S2. The molecule has 2 aromatic heterocycles. The van der Waals surface area contributed by atoms with E-state index in [0.717, 1.165) is 21.6 Å². The Hall–Kier alpha value is -0.570. The van der Waals surface area contributed by atoms with Gasteiger partial charge in [0.05, 0.1) is 15.8 Å². The number of rotatable bonds is 4. The number of thiophene rings is 1. The Labute approximate surface area is 137 Å². The van der Waals surface area contributed by atoms with Gasteiger partial charge in [-0.25, -0.2) is 4.98 Å². The van der Waals surface area contributed by atoms with Crippen LogP contribution in [0.4, 0.5) is 13.2 Å². The van der Waals surface area contributed by atoms with Crippen molar-refractivity contribution in [2.75, 3.05) is 0 Å². The monoisotopic (exact) mass is 396 g/mol. The van der Waals surface area contributed by atoms with Gasteiger partial charge in [0.25, 0.3) is 0 Å². The summed E-state index contributed by atoms with van der Waals surface area (Å²) in [6.45, 7) is 1.87. The summed E-state index contributed by atoms with van der Waals surface area (Å²) in [5.74, 6) is 0. The number of thioether (sulfide) groups is 1. The molecule has 0 spiro atoms. The highest BCUT2D eigenvalue weighted by Gasteiger charge is 2.31. The van der Waals surface area contributed by atoms with Gasteiger partial charge >= 0.3 is 6.18 Å². The molecule has 2 heterocycles. The normalized spacial score (nSPS) is 15.0. The van der Waals surface area contributed by atoms with Crippen molar-refractivity contribution in [3.63, 3.8) is 0 Å². The molecule has 2 nitrogen and oxygen atoms in total. The van der Waals surface area contributed by atoms with Crippen LogP contribution in [0.5, 0.6) is 0 Å². The van der Waals surface area contributed by atoms with Crippen LogP contribution >= 0.6 is 39.0 Å². The third-order valence-electron chi connectivity index (χ3n) is 2.66. The zero-order chi connectivity index (χ0) is 15.6. The summed E-state index contributed by atoms with van der Waals surface area (Å²) >= 11 is 6.31. The van der Waals surface area contributed by atoms with E-state index < -0.39 is 11.7 Å². The van der Waals surface area contributed by atoms with Gasteiger partial charge < -0.3 is 5.73 Å². The predicted molar refractivity (Wildman–Crippen MR) is 83.5 cm³/mol. The Morgan fingerprint density at radius 1 is 1.38 bits per heavy atom. The molecule has 0 fully saturated rings. The summed E-state index contributed by atoms with van der Waals surface area (Å²) in [7, 11) is 0. The van der Waals surface area contributed by atoms with Crippen molar-refractivity contribution in [1.82, 2.24) is 4.98 Å². The fraction of sp³-hybridized carbons (Fsp3) is 0.308. The maximum atomic E-state index is 12.5. The third-order valence-corrected chi connectivity index (χ3v) is 6.00. The molecule has 2 N–H and O–H groups in total. The lowest BCUT2D eigenvalue weighted by molar-refractivity contribution is -0.137. The highest BCUT2D eigenvalue weighted by Crippen LogP contribution is 2.40. The van der Waals surface area contributed by atoms with Gasteiger partial charge in [0.2, 0.25) is 0 Å². The summed E-state index contributed by atoms with van der Waals surface area (Å²) in [6, 6.07) is 4.24. The average Bonchev–Trinajstić information content (AvgIpc) is 2.81. The Balaban J connectivity index is 2.18. The number of nitrogens with zero attached hydrogens (tertiary/aromatic N) is 1. The van der Waals surface area contributed by atoms with Gasteiger partial charge in [-0.2, -0.15) is 13.2 Å². The largest absolute Gasteiger partial charge is 0.417 e. The van der Waals surface area contributed by atoms with Crippen molar-refractivity contribution >= 4 is 39.0 Å². The van der Waals surface area contributed by atoms with E-state index in [1.807, 2.05) is 18.4 Å². The van der Waals surface area contributed by atoms with E-state index in [2.05, 4.69) is 20.9 Å². The second-order valence-corrected chi connectivity index (χ2v) is 7.47. The van der Waals surface area contributed by atoms with Crippen molar-refractivity contribution < 1.29 is 13.2 Å². The fourth-order valence-electron chi connectivity index (χ4n) is 1.65. The molecule has 21 heavy (non-hydrogen) atoms. The van der Waals surface area contributed by atoms with Crippen LogP contribution in [-0.2, 0) is 6.18 Å². The maximum absolute atomic E-state index is 12.5. The number of nitrogens with two attached hydrogens (primary N) is 1. The van der Waals surface area contributed by atoms with E-state index in [1.54, 1.807) is 11.3 Å². The van der Waals surface area contributed by atoms with Crippen LogP contribution in [0, 0.1) is 0 Å². The van der Waals surface area contributed by atoms with Gasteiger partial charge in [0, 0.05) is 27.0 Å². The molecule has 0 aliphatic heterocycles. The smallest absolute Gasteiger partial charge is 0.327 e. The van der Waals surface area contributed by atoms with Gasteiger partial charge in [-0.05, 0) is 41.1 Å². The average molecular weight is 397 g/mol. The summed E-state index contributed by atoms with van der Waals surface area (Å²) in [6.07, 6.45) is -3.51. The zero-order valence-electron chi connectivity index (χ0n) is 10.9. The van der Waals surface area contributed by atoms with E-state index >= 15 is 0 Å². The second-order valence-electron chi connectivity index (χ2n) is 4.45. The first kappa shape index (κ1) is 16.8. The molecule has 2 atom stereocenters. The Bertz CT molecular complexity index is 596. The molecule has 0 bridgehead atoms. The lowest BCUT2D eigenvalue weighted by Gasteiger charge is -2.18. The number of aromatic nitrogens is 1. The SMILES string of the molecule is CC(N)C(Sc1ccc(C(F)(F)F)cn1)c1cc(Br)cs1. The van der Waals surface area contributed by atoms with Gasteiger partial charge in [-0.3, -0.25) is 0 Å². The zero-order valence-corrected chi connectivity index (χ0v) is 14.1. The van der Waals surface area contributed by atoms with Gasteiger partial charge in [0.15, 0.2) is 0 Å². The van der Waals surface area contributed by atoms with Crippen LogP contribution in [0.3, 0.4) is 0 Å². The molecule has 114 valence electrons. The Morgan fingerprint density at radius 3 is 2.52 bits per heavy atom. The first-order valence-electron chi connectivity index (χ1n) is 5.97. The van der Waals surface area contributed by atoms with Crippen molar-refractivity contribution in [3.8, 4) is 0 Å². The lowest BCUT2D eigenvalue weighted by atomic mass is 10.2. The van der Waals surface area contributed by atoms with Crippen LogP contribution in [0.2, 0.25) is 0 Å². The maximum Gasteiger partial charge on any atom is 0.417 e. The molecule has 0 saturated carbocycles. The Kier molecular flexibility index (Phi) is 5.34. The van der Waals surface area contributed by atoms with E-state index in [0.29, 0.717) is 5.03 Å². The molecule has 0 aliphatic rings. The minimum Gasteiger partial charge on any atom is -0.327 e. The van der Waals surface area contributed by atoms with Crippen LogP contribution in [-0.4, -0.2) is 11.0 Å². The molecule has 0 aliphatic carbocycles. The molecule has 0 aromatic carbocycles. The highest BCUT2D eigenvalue weighted by molar-refractivity contribution is 9.10. The van der Waals surface area contributed by atoms with E-state index in [1.165, 1.54) is 17.8 Å². The minimum atomic E-state index is -4.37. The minimum absolute atomic E-state index is 0.0504. The third kappa shape index (κ3) is 4.45. The number of pyridine rings is 1. The molecule has 8 heteroatoms. The topological polar surface area (TPSA) is 38.9 Å². The predicted octanol–water partition coefficient (Wildman–Crippen LogP) is 5.11. The van der Waals surface area contributed by atoms with Gasteiger partial charge in [-0.15, -0.1) is 11.3 Å². The fourth-order valence-corrected chi connectivity index (χ4v) is 4.42. The van der Waals surface area contributed by atoms with E-state index in [-0.39, 0.29) is 11.3 Å². The van der Waals surface area contributed by atoms with Crippen LogP contribution in [0.25, 0.3) is 0 Å². The molecule has 0 radical (unpaired) electrons. The molecule has 2 aromatic rings.